The molecule has 0 saturated carbocycles. The predicted octanol–water partition coefficient (Wildman–Crippen LogP) is 4.33. The first-order valence-electron chi connectivity index (χ1n) is 6.63. The van der Waals surface area contributed by atoms with Crippen molar-refractivity contribution in [2.45, 2.75) is 13.0 Å². The number of hydrogen-bond donors (Lipinski definition) is 1. The van der Waals surface area contributed by atoms with E-state index in [2.05, 4.69) is 9.72 Å². The van der Waals surface area contributed by atoms with Crippen LogP contribution in [-0.4, -0.2) is 22.2 Å². The lowest BCUT2D eigenvalue weighted by atomic mass is 10.1. The molecule has 1 aromatic heterocycles. The van der Waals surface area contributed by atoms with E-state index in [4.69, 9.17) is 5.11 Å². The fraction of sp³-hybridized carbons (Fsp3) is 0.125. The molecule has 0 aliphatic heterocycles. The molecule has 0 bridgehead atoms. The first-order chi connectivity index (χ1) is 10.9. The molecule has 0 amide bonds. The summed E-state index contributed by atoms with van der Waals surface area (Å²) in [6, 6.07) is 12.2. The van der Waals surface area contributed by atoms with Crippen molar-refractivity contribution < 1.29 is 23.4 Å². The molecule has 1 N–H and O–H groups in total. The van der Waals surface area contributed by atoms with Crippen LogP contribution in [0.3, 0.4) is 0 Å². The second-order valence-electron chi connectivity index (χ2n) is 4.89. The van der Waals surface area contributed by atoms with Crippen LogP contribution in [0.15, 0.2) is 42.5 Å². The highest BCUT2D eigenvalue weighted by atomic mass is 32.1. The smallest absolute Gasteiger partial charge is 0.474 e. The van der Waals surface area contributed by atoms with Crippen LogP contribution in [0.1, 0.15) is 5.56 Å². The van der Waals surface area contributed by atoms with Gasteiger partial charge >= 0.3 is 12.1 Å². The number of ether oxygens (including phenoxy) is 1. The number of aryl methyl sites for hydroxylation is 1. The molecule has 0 spiro atoms. The van der Waals surface area contributed by atoms with Crippen molar-refractivity contribution in [3.05, 3.63) is 48.0 Å². The van der Waals surface area contributed by atoms with E-state index in [0.29, 0.717) is 5.56 Å². The number of aliphatic carboxylic acids is 1. The van der Waals surface area contributed by atoms with Crippen LogP contribution in [0.25, 0.3) is 20.8 Å². The highest BCUT2D eigenvalue weighted by molar-refractivity contribution is 7.21. The number of rotatable bonds is 4. The molecular formula is C16H11F2NO3S. The molecule has 0 aliphatic carbocycles. The zero-order valence-electron chi connectivity index (χ0n) is 11.9. The molecule has 7 heteroatoms. The van der Waals surface area contributed by atoms with Gasteiger partial charge in [-0.3, -0.25) is 0 Å². The summed E-state index contributed by atoms with van der Waals surface area (Å²) in [5.41, 5.74) is 2.03. The lowest BCUT2D eigenvalue weighted by molar-refractivity contribution is -0.211. The lowest BCUT2D eigenvalue weighted by Gasteiger charge is -2.15. The zero-order chi connectivity index (χ0) is 16.6. The third-order valence-electron chi connectivity index (χ3n) is 3.20. The van der Waals surface area contributed by atoms with Gasteiger partial charge < -0.3 is 9.84 Å². The molecule has 1 heterocycles. The molecule has 0 aliphatic rings. The quantitative estimate of drug-likeness (QED) is 0.771. The predicted molar refractivity (Wildman–Crippen MR) is 83.0 cm³/mol. The molecule has 118 valence electrons. The molecule has 23 heavy (non-hydrogen) atoms. The van der Waals surface area contributed by atoms with E-state index in [-0.39, 0.29) is 5.75 Å². The van der Waals surface area contributed by atoms with Crippen molar-refractivity contribution in [2.24, 2.45) is 0 Å². The fourth-order valence-corrected chi connectivity index (χ4v) is 3.04. The summed E-state index contributed by atoms with van der Waals surface area (Å²) >= 11 is 1.49. The van der Waals surface area contributed by atoms with Crippen LogP contribution < -0.4 is 4.74 Å². The van der Waals surface area contributed by atoms with E-state index in [9.17, 15) is 13.6 Å². The second kappa shape index (κ2) is 5.58. The molecule has 4 nitrogen and oxygen atoms in total. The van der Waals surface area contributed by atoms with Gasteiger partial charge in [0.1, 0.15) is 10.8 Å². The Morgan fingerprint density at radius 2 is 2.00 bits per heavy atom. The fourth-order valence-electron chi connectivity index (χ4n) is 2.07. The average Bonchev–Trinajstić information content (AvgIpc) is 2.93. The largest absolute Gasteiger partial charge is 0.501 e. The number of nitrogens with zero attached hydrogens (tertiary/aromatic N) is 1. The van der Waals surface area contributed by atoms with E-state index in [0.717, 1.165) is 20.8 Å². The summed E-state index contributed by atoms with van der Waals surface area (Å²) in [6.45, 7) is 1.57. The van der Waals surface area contributed by atoms with Gasteiger partial charge in [-0.15, -0.1) is 11.3 Å². The van der Waals surface area contributed by atoms with Crippen LogP contribution >= 0.6 is 11.3 Å². The molecule has 0 fully saturated rings. The Labute approximate surface area is 134 Å². The van der Waals surface area contributed by atoms with Gasteiger partial charge in [-0.1, -0.05) is 12.1 Å². The average molecular weight is 335 g/mol. The number of fused-ring (bicyclic) bond motifs is 1. The molecule has 3 aromatic rings. The van der Waals surface area contributed by atoms with E-state index in [1.54, 1.807) is 19.1 Å². The van der Waals surface area contributed by atoms with Crippen molar-refractivity contribution in [3.63, 3.8) is 0 Å². The van der Waals surface area contributed by atoms with Crippen molar-refractivity contribution >= 4 is 27.5 Å². The van der Waals surface area contributed by atoms with Gasteiger partial charge in [-0.05, 0) is 42.8 Å². The van der Waals surface area contributed by atoms with Gasteiger partial charge in [0.15, 0.2) is 0 Å². The molecular weight excluding hydrogens is 324 g/mol. The maximum Gasteiger partial charge on any atom is 0.501 e. The first-order valence-corrected chi connectivity index (χ1v) is 7.45. The molecule has 0 radical (unpaired) electrons. The standard InChI is InChI=1S/C16H11F2NO3S/c1-9-8-10(6-7-12(9)22-16(17,18)15(20)21)14-19-11-4-2-3-5-13(11)23-14/h2-8H,1H3,(H,20,21). The van der Waals surface area contributed by atoms with Crippen molar-refractivity contribution in [3.8, 4) is 16.3 Å². The molecule has 3 rings (SSSR count). The maximum atomic E-state index is 13.1. The summed E-state index contributed by atoms with van der Waals surface area (Å²) in [5.74, 6) is -2.51. The van der Waals surface area contributed by atoms with E-state index < -0.39 is 12.1 Å². The van der Waals surface area contributed by atoms with E-state index in [1.807, 2.05) is 24.3 Å². The number of para-hydroxylation sites is 1. The molecule has 0 atom stereocenters. The Bertz CT molecular complexity index is 859. The van der Waals surface area contributed by atoms with Crippen LogP contribution in [0.5, 0.6) is 5.75 Å². The summed E-state index contributed by atoms with van der Waals surface area (Å²) in [7, 11) is 0. The van der Waals surface area contributed by atoms with E-state index in [1.165, 1.54) is 17.4 Å². The number of carbonyl (C=O) groups is 1. The maximum absolute atomic E-state index is 13.1. The Balaban J connectivity index is 1.94. The van der Waals surface area contributed by atoms with Crippen LogP contribution in [0.2, 0.25) is 0 Å². The second-order valence-corrected chi connectivity index (χ2v) is 5.92. The molecule has 0 saturated heterocycles. The number of carboxylic acids is 1. The Hall–Kier alpha value is -2.54. The number of thiazole rings is 1. The topological polar surface area (TPSA) is 59.4 Å². The minimum atomic E-state index is -4.26. The Morgan fingerprint density at radius 1 is 1.26 bits per heavy atom. The van der Waals surface area contributed by atoms with E-state index >= 15 is 0 Å². The van der Waals surface area contributed by atoms with Gasteiger partial charge in [0.2, 0.25) is 0 Å². The van der Waals surface area contributed by atoms with Gasteiger partial charge in [-0.2, -0.15) is 8.78 Å². The number of carboxylic acid groups (broad SMARTS) is 1. The summed E-state index contributed by atoms with van der Waals surface area (Å²) in [5, 5.41) is 9.18. The van der Waals surface area contributed by atoms with Gasteiger partial charge in [0.05, 0.1) is 10.2 Å². The van der Waals surface area contributed by atoms with Gasteiger partial charge in [-0.25, -0.2) is 9.78 Å². The summed E-state index contributed by atoms with van der Waals surface area (Å²) in [6.07, 6.45) is -4.26. The highest BCUT2D eigenvalue weighted by Crippen LogP contribution is 2.33. The van der Waals surface area contributed by atoms with Crippen LogP contribution in [-0.2, 0) is 4.79 Å². The molecule has 2 aromatic carbocycles. The van der Waals surface area contributed by atoms with Crippen LogP contribution in [0.4, 0.5) is 8.78 Å². The number of benzene rings is 2. The third-order valence-corrected chi connectivity index (χ3v) is 4.29. The van der Waals surface area contributed by atoms with Crippen molar-refractivity contribution in [2.75, 3.05) is 0 Å². The number of alkyl halides is 2. The van der Waals surface area contributed by atoms with Crippen LogP contribution in [0, 0.1) is 6.92 Å². The van der Waals surface area contributed by atoms with Crippen molar-refractivity contribution in [1.29, 1.82) is 0 Å². The summed E-state index contributed by atoms with van der Waals surface area (Å²) in [4.78, 5) is 14.9. The minimum Gasteiger partial charge on any atom is -0.474 e. The zero-order valence-corrected chi connectivity index (χ0v) is 12.7. The number of halogens is 2. The Kier molecular flexibility index (Phi) is 3.73. The first kappa shape index (κ1) is 15.4. The monoisotopic (exact) mass is 335 g/mol. The highest BCUT2D eigenvalue weighted by Gasteiger charge is 2.42. The SMILES string of the molecule is Cc1cc(-c2nc3ccccc3s2)ccc1OC(F)(F)C(=O)O. The third kappa shape index (κ3) is 3.00. The van der Waals surface area contributed by atoms with Crippen molar-refractivity contribution in [1.82, 2.24) is 4.98 Å². The summed E-state index contributed by atoms with van der Waals surface area (Å²) < 4.78 is 31.6. The normalized spacial score (nSPS) is 11.6. The van der Waals surface area contributed by atoms with Gasteiger partial charge in [0, 0.05) is 5.56 Å². The number of aromatic nitrogens is 1. The minimum absolute atomic E-state index is 0.178. The lowest BCUT2D eigenvalue weighted by Crippen LogP contribution is -2.35. The number of hydrogen-bond acceptors (Lipinski definition) is 4. The Morgan fingerprint density at radius 3 is 2.65 bits per heavy atom. The van der Waals surface area contributed by atoms with Gasteiger partial charge in [0.25, 0.3) is 0 Å². The molecule has 0 unspecified atom stereocenters.